The first kappa shape index (κ1) is 9.40. The Morgan fingerprint density at radius 3 is 2.67 bits per heavy atom. The molecule has 15 heavy (non-hydrogen) atoms. The monoisotopic (exact) mass is 206 g/mol. The second kappa shape index (κ2) is 3.63. The molecule has 2 saturated heterocycles. The second-order valence-electron chi connectivity index (χ2n) is 5.01. The first-order chi connectivity index (χ1) is 7.34. The zero-order valence-electron chi connectivity index (χ0n) is 9.04. The Kier molecular flexibility index (Phi) is 2.28. The standard InChI is InChI=1S/C12H18N2O/c15-12(9-3-1-2-4-9)14-7-10-5-13-6-11(10)8-14/h3,10-11,13H,1-2,4-8H2. The third kappa shape index (κ3) is 1.59. The number of likely N-dealkylation sites (tertiary alicyclic amines) is 1. The summed E-state index contributed by atoms with van der Waals surface area (Å²) in [5, 5.41) is 3.40. The van der Waals surface area contributed by atoms with Crippen LogP contribution in [0.1, 0.15) is 19.3 Å². The van der Waals surface area contributed by atoms with Crippen LogP contribution in [0.2, 0.25) is 0 Å². The first-order valence-electron chi connectivity index (χ1n) is 6.03. The molecule has 0 aromatic rings. The van der Waals surface area contributed by atoms with E-state index in [9.17, 15) is 4.79 Å². The minimum absolute atomic E-state index is 0.321. The number of hydrogen-bond donors (Lipinski definition) is 1. The number of allylic oxidation sites excluding steroid dienone is 1. The van der Waals surface area contributed by atoms with Crippen LogP contribution in [0, 0.1) is 11.8 Å². The van der Waals surface area contributed by atoms with E-state index < -0.39 is 0 Å². The lowest BCUT2D eigenvalue weighted by Gasteiger charge is -2.18. The van der Waals surface area contributed by atoms with Crippen LogP contribution in [-0.4, -0.2) is 37.0 Å². The number of rotatable bonds is 1. The van der Waals surface area contributed by atoms with Crippen LogP contribution in [0.25, 0.3) is 0 Å². The summed E-state index contributed by atoms with van der Waals surface area (Å²) >= 11 is 0. The van der Waals surface area contributed by atoms with Crippen LogP contribution in [0.5, 0.6) is 0 Å². The van der Waals surface area contributed by atoms with Gasteiger partial charge in [0.15, 0.2) is 0 Å². The molecule has 2 unspecified atom stereocenters. The third-order valence-corrected chi connectivity index (χ3v) is 3.99. The van der Waals surface area contributed by atoms with Crippen molar-refractivity contribution in [3.63, 3.8) is 0 Å². The van der Waals surface area contributed by atoms with Crippen molar-refractivity contribution in [2.24, 2.45) is 11.8 Å². The maximum Gasteiger partial charge on any atom is 0.249 e. The molecule has 0 radical (unpaired) electrons. The zero-order chi connectivity index (χ0) is 10.3. The van der Waals surface area contributed by atoms with Gasteiger partial charge in [-0.3, -0.25) is 4.79 Å². The largest absolute Gasteiger partial charge is 0.338 e. The molecule has 0 aromatic heterocycles. The highest BCUT2D eigenvalue weighted by Gasteiger charge is 2.38. The van der Waals surface area contributed by atoms with Gasteiger partial charge in [0.1, 0.15) is 0 Å². The van der Waals surface area contributed by atoms with Crippen molar-refractivity contribution in [3.05, 3.63) is 11.6 Å². The molecule has 3 heteroatoms. The average Bonchev–Trinajstić information content (AvgIpc) is 2.92. The minimum atomic E-state index is 0.321. The maximum absolute atomic E-state index is 12.1. The Bertz CT molecular complexity index is 299. The predicted octanol–water partition coefficient (Wildman–Crippen LogP) is 0.774. The molecule has 2 fully saturated rings. The van der Waals surface area contributed by atoms with E-state index in [1.165, 1.54) is 6.42 Å². The van der Waals surface area contributed by atoms with Gasteiger partial charge in [0.25, 0.3) is 0 Å². The van der Waals surface area contributed by atoms with Crippen molar-refractivity contribution in [3.8, 4) is 0 Å². The van der Waals surface area contributed by atoms with Crippen molar-refractivity contribution >= 4 is 5.91 Å². The number of fused-ring (bicyclic) bond motifs is 1. The van der Waals surface area contributed by atoms with Gasteiger partial charge >= 0.3 is 0 Å². The van der Waals surface area contributed by atoms with Crippen molar-refractivity contribution in [1.29, 1.82) is 0 Å². The van der Waals surface area contributed by atoms with Crippen LogP contribution in [0.3, 0.4) is 0 Å². The van der Waals surface area contributed by atoms with E-state index in [1.807, 2.05) is 0 Å². The molecule has 1 aliphatic carbocycles. The molecule has 0 aromatic carbocycles. The summed E-state index contributed by atoms with van der Waals surface area (Å²) in [6, 6.07) is 0. The van der Waals surface area contributed by atoms with E-state index in [0.717, 1.165) is 56.4 Å². The van der Waals surface area contributed by atoms with Gasteiger partial charge in [0.05, 0.1) is 0 Å². The Labute approximate surface area is 90.5 Å². The Morgan fingerprint density at radius 2 is 2.07 bits per heavy atom. The highest BCUT2D eigenvalue weighted by atomic mass is 16.2. The quantitative estimate of drug-likeness (QED) is 0.687. The number of hydrogen-bond acceptors (Lipinski definition) is 2. The number of carbonyl (C=O) groups is 1. The third-order valence-electron chi connectivity index (χ3n) is 3.99. The van der Waals surface area contributed by atoms with Gasteiger partial charge in [-0.1, -0.05) is 6.08 Å². The molecule has 3 rings (SSSR count). The fourth-order valence-corrected chi connectivity index (χ4v) is 3.09. The molecule has 2 heterocycles. The van der Waals surface area contributed by atoms with E-state index in [1.54, 1.807) is 0 Å². The zero-order valence-corrected chi connectivity index (χ0v) is 9.04. The number of nitrogens with zero attached hydrogens (tertiary/aromatic N) is 1. The van der Waals surface area contributed by atoms with Crippen molar-refractivity contribution in [1.82, 2.24) is 10.2 Å². The SMILES string of the molecule is O=C(C1=CCCC1)N1CC2CNCC2C1. The fraction of sp³-hybridized carbons (Fsp3) is 0.750. The van der Waals surface area contributed by atoms with Crippen molar-refractivity contribution in [2.45, 2.75) is 19.3 Å². The Morgan fingerprint density at radius 1 is 1.33 bits per heavy atom. The lowest BCUT2D eigenvalue weighted by atomic mass is 10.0. The summed E-state index contributed by atoms with van der Waals surface area (Å²) in [5.74, 6) is 1.76. The van der Waals surface area contributed by atoms with Crippen LogP contribution in [-0.2, 0) is 4.79 Å². The second-order valence-corrected chi connectivity index (χ2v) is 5.01. The summed E-state index contributed by atoms with van der Waals surface area (Å²) in [6.45, 7) is 4.17. The van der Waals surface area contributed by atoms with Crippen molar-refractivity contribution in [2.75, 3.05) is 26.2 Å². The van der Waals surface area contributed by atoms with E-state index >= 15 is 0 Å². The molecule has 3 nitrogen and oxygen atoms in total. The molecular weight excluding hydrogens is 188 g/mol. The summed E-state index contributed by atoms with van der Waals surface area (Å²) in [6.07, 6.45) is 5.41. The summed E-state index contributed by atoms with van der Waals surface area (Å²) in [7, 11) is 0. The molecule has 0 spiro atoms. The lowest BCUT2D eigenvalue weighted by molar-refractivity contribution is -0.126. The Hall–Kier alpha value is -0.830. The van der Waals surface area contributed by atoms with Gasteiger partial charge in [0, 0.05) is 31.8 Å². The smallest absolute Gasteiger partial charge is 0.249 e. The van der Waals surface area contributed by atoms with E-state index in [4.69, 9.17) is 0 Å². The topological polar surface area (TPSA) is 32.3 Å². The molecule has 2 atom stereocenters. The van der Waals surface area contributed by atoms with Crippen LogP contribution in [0.15, 0.2) is 11.6 Å². The van der Waals surface area contributed by atoms with Gasteiger partial charge in [-0.2, -0.15) is 0 Å². The van der Waals surface area contributed by atoms with Crippen molar-refractivity contribution < 1.29 is 4.79 Å². The summed E-state index contributed by atoms with van der Waals surface area (Å²) < 4.78 is 0. The maximum atomic E-state index is 12.1. The van der Waals surface area contributed by atoms with Gasteiger partial charge in [-0.25, -0.2) is 0 Å². The molecule has 3 aliphatic rings. The van der Waals surface area contributed by atoms with Crippen LogP contribution >= 0.6 is 0 Å². The normalized spacial score (nSPS) is 34.4. The number of carbonyl (C=O) groups excluding carboxylic acids is 1. The molecule has 1 N–H and O–H groups in total. The highest BCUT2D eigenvalue weighted by molar-refractivity contribution is 5.94. The molecule has 2 aliphatic heterocycles. The molecule has 82 valence electrons. The number of nitrogens with one attached hydrogen (secondary N) is 1. The fourth-order valence-electron chi connectivity index (χ4n) is 3.09. The van der Waals surface area contributed by atoms with Gasteiger partial charge in [-0.05, 0) is 31.1 Å². The summed E-state index contributed by atoms with van der Waals surface area (Å²) in [4.78, 5) is 14.2. The van der Waals surface area contributed by atoms with Gasteiger partial charge in [-0.15, -0.1) is 0 Å². The number of amides is 1. The molecule has 0 bridgehead atoms. The van der Waals surface area contributed by atoms with E-state index in [0.29, 0.717) is 5.91 Å². The van der Waals surface area contributed by atoms with Crippen LogP contribution < -0.4 is 5.32 Å². The predicted molar refractivity (Wildman–Crippen MR) is 58.4 cm³/mol. The van der Waals surface area contributed by atoms with E-state index in [-0.39, 0.29) is 0 Å². The summed E-state index contributed by atoms with van der Waals surface area (Å²) in [5.41, 5.74) is 1.07. The van der Waals surface area contributed by atoms with E-state index in [2.05, 4.69) is 16.3 Å². The minimum Gasteiger partial charge on any atom is -0.338 e. The lowest BCUT2D eigenvalue weighted by Crippen LogP contribution is -2.32. The first-order valence-corrected chi connectivity index (χ1v) is 6.03. The van der Waals surface area contributed by atoms with Gasteiger partial charge < -0.3 is 10.2 Å². The van der Waals surface area contributed by atoms with Gasteiger partial charge in [0.2, 0.25) is 5.91 Å². The molecule has 1 amide bonds. The Balaban J connectivity index is 1.66. The molecule has 0 saturated carbocycles. The average molecular weight is 206 g/mol. The van der Waals surface area contributed by atoms with Crippen LogP contribution in [0.4, 0.5) is 0 Å². The highest BCUT2D eigenvalue weighted by Crippen LogP contribution is 2.29. The molecular formula is C12H18N2O.